The molecule has 3 atom stereocenters. The third-order valence-corrected chi connectivity index (χ3v) is 6.72. The zero-order chi connectivity index (χ0) is 25.8. The molecule has 1 aliphatic rings. The predicted octanol–water partition coefficient (Wildman–Crippen LogP) is 4.84. The Hall–Kier alpha value is -3.97. The minimum atomic E-state index is -1.07. The number of carbonyl (C=O) groups excluding carboxylic acids is 2. The molecule has 0 saturated heterocycles. The van der Waals surface area contributed by atoms with E-state index in [2.05, 4.69) is 21.3 Å². The number of hydrogen-bond acceptors (Lipinski definition) is 4. The van der Waals surface area contributed by atoms with Gasteiger partial charge >= 0.3 is 0 Å². The van der Waals surface area contributed by atoms with Gasteiger partial charge in [0.1, 0.15) is 17.6 Å². The molecule has 7 heteroatoms. The van der Waals surface area contributed by atoms with E-state index >= 15 is 0 Å². The van der Waals surface area contributed by atoms with E-state index in [1.165, 1.54) is 12.1 Å². The lowest BCUT2D eigenvalue weighted by Gasteiger charge is -2.37. The molecule has 0 saturated carbocycles. The highest BCUT2D eigenvalue weighted by atomic mass is 19.1. The minimum absolute atomic E-state index is 0.205. The van der Waals surface area contributed by atoms with Crippen molar-refractivity contribution < 1.29 is 14.0 Å². The maximum atomic E-state index is 13.8. The fourth-order valence-electron chi connectivity index (χ4n) is 4.52. The molecule has 0 fully saturated rings. The maximum Gasteiger partial charge on any atom is 0.239 e. The van der Waals surface area contributed by atoms with E-state index < -0.39 is 23.7 Å². The van der Waals surface area contributed by atoms with E-state index in [1.807, 2.05) is 76.3 Å². The van der Waals surface area contributed by atoms with Crippen LogP contribution in [0.4, 0.5) is 15.8 Å². The van der Waals surface area contributed by atoms with Crippen LogP contribution in [0.3, 0.4) is 0 Å². The number of halogens is 1. The van der Waals surface area contributed by atoms with Gasteiger partial charge in [-0.15, -0.1) is 0 Å². The predicted molar refractivity (Wildman–Crippen MR) is 141 cm³/mol. The molecule has 6 nitrogen and oxygen atoms in total. The van der Waals surface area contributed by atoms with Crippen LogP contribution in [0.2, 0.25) is 0 Å². The summed E-state index contributed by atoms with van der Waals surface area (Å²) in [5, 5.41) is 12.4. The van der Waals surface area contributed by atoms with Crippen molar-refractivity contribution >= 4 is 23.2 Å². The Labute approximate surface area is 211 Å². The molecule has 4 N–H and O–H groups in total. The zero-order valence-electron chi connectivity index (χ0n) is 20.9. The second-order valence-electron chi connectivity index (χ2n) is 9.12. The molecule has 3 aromatic carbocycles. The number of likely N-dealkylation sites (N-methyl/N-ethyl adjacent to an activating group) is 1. The number of benzene rings is 3. The Kier molecular flexibility index (Phi) is 7.50. The SMILES string of the molecule is CNC(C)C1=C(Nc2ccccc2)NC(=O)C(C(=O)Nc2ccc(C)c(C)c2)C1c1ccc(F)cc1. The van der Waals surface area contributed by atoms with Crippen LogP contribution in [-0.4, -0.2) is 24.9 Å². The number of nitrogens with one attached hydrogen (secondary N) is 4. The van der Waals surface area contributed by atoms with Crippen molar-refractivity contribution in [3.8, 4) is 0 Å². The van der Waals surface area contributed by atoms with Gasteiger partial charge in [-0.05, 0) is 86.5 Å². The molecule has 0 spiro atoms. The largest absolute Gasteiger partial charge is 0.342 e. The van der Waals surface area contributed by atoms with Gasteiger partial charge in [-0.1, -0.05) is 36.4 Å². The van der Waals surface area contributed by atoms with Gasteiger partial charge in [-0.3, -0.25) is 9.59 Å². The van der Waals surface area contributed by atoms with Gasteiger partial charge in [0.05, 0.1) is 0 Å². The van der Waals surface area contributed by atoms with E-state index in [1.54, 1.807) is 12.1 Å². The highest BCUT2D eigenvalue weighted by Gasteiger charge is 2.44. The molecule has 3 unspecified atom stereocenters. The third kappa shape index (κ3) is 5.31. The first-order valence-corrected chi connectivity index (χ1v) is 12.0. The quantitative estimate of drug-likeness (QED) is 0.360. The van der Waals surface area contributed by atoms with Crippen molar-refractivity contribution in [1.29, 1.82) is 0 Å². The summed E-state index contributed by atoms with van der Waals surface area (Å²) in [5.41, 5.74) is 5.04. The average molecular weight is 487 g/mol. The van der Waals surface area contributed by atoms with Gasteiger partial charge in [0, 0.05) is 23.3 Å². The van der Waals surface area contributed by atoms with Crippen molar-refractivity contribution in [1.82, 2.24) is 10.6 Å². The lowest BCUT2D eigenvalue weighted by Crippen LogP contribution is -2.50. The fourth-order valence-corrected chi connectivity index (χ4v) is 4.52. The Balaban J connectivity index is 1.81. The second-order valence-corrected chi connectivity index (χ2v) is 9.12. The number of rotatable bonds is 7. The minimum Gasteiger partial charge on any atom is -0.342 e. The molecule has 4 rings (SSSR count). The average Bonchev–Trinajstić information content (AvgIpc) is 2.86. The summed E-state index contributed by atoms with van der Waals surface area (Å²) >= 11 is 0. The van der Waals surface area contributed by atoms with Crippen LogP contribution in [-0.2, 0) is 9.59 Å². The first-order chi connectivity index (χ1) is 17.3. The van der Waals surface area contributed by atoms with Crippen molar-refractivity contribution in [2.75, 3.05) is 17.7 Å². The first kappa shape index (κ1) is 25.1. The Morgan fingerprint density at radius 1 is 0.944 bits per heavy atom. The van der Waals surface area contributed by atoms with E-state index in [-0.39, 0.29) is 11.9 Å². The summed E-state index contributed by atoms with van der Waals surface area (Å²) in [6.45, 7) is 5.93. The van der Waals surface area contributed by atoms with E-state index in [0.29, 0.717) is 17.1 Å². The van der Waals surface area contributed by atoms with Crippen LogP contribution in [0.5, 0.6) is 0 Å². The molecule has 0 aliphatic carbocycles. The van der Waals surface area contributed by atoms with Gasteiger partial charge < -0.3 is 21.3 Å². The molecule has 186 valence electrons. The van der Waals surface area contributed by atoms with E-state index in [0.717, 1.165) is 22.4 Å². The number of para-hydroxylation sites is 1. The van der Waals surface area contributed by atoms with E-state index in [4.69, 9.17) is 0 Å². The van der Waals surface area contributed by atoms with Crippen LogP contribution in [0.1, 0.15) is 29.5 Å². The Bertz CT molecular complexity index is 1290. The summed E-state index contributed by atoms with van der Waals surface area (Å²) in [5.74, 6) is -2.42. The smallest absolute Gasteiger partial charge is 0.239 e. The normalized spacial score (nSPS) is 18.4. The Morgan fingerprint density at radius 3 is 2.28 bits per heavy atom. The van der Waals surface area contributed by atoms with Gasteiger partial charge in [-0.2, -0.15) is 0 Å². The van der Waals surface area contributed by atoms with Crippen LogP contribution < -0.4 is 21.3 Å². The number of hydrogen-bond donors (Lipinski definition) is 4. The van der Waals surface area contributed by atoms with Crippen molar-refractivity contribution in [3.63, 3.8) is 0 Å². The summed E-state index contributed by atoms with van der Waals surface area (Å²) in [4.78, 5) is 27.2. The summed E-state index contributed by atoms with van der Waals surface area (Å²) in [6.07, 6.45) is 0. The number of anilines is 2. The molecule has 1 aliphatic heterocycles. The standard InChI is InChI=1S/C29H31FN4O2/c1-17-10-15-23(16-18(17)2)33-28(35)26-25(20-11-13-21(30)14-12-20)24(19(3)31-4)27(34-29(26)36)32-22-8-6-5-7-9-22/h5-16,19,25-26,31-32H,1-4H3,(H,33,35)(H,34,36). The number of carbonyl (C=O) groups is 2. The maximum absolute atomic E-state index is 13.8. The molecular weight excluding hydrogens is 455 g/mol. The third-order valence-electron chi connectivity index (χ3n) is 6.72. The molecule has 0 aromatic heterocycles. The summed E-state index contributed by atoms with van der Waals surface area (Å²) in [7, 11) is 1.82. The lowest BCUT2D eigenvalue weighted by atomic mass is 9.74. The number of aryl methyl sites for hydroxylation is 2. The monoisotopic (exact) mass is 486 g/mol. The van der Waals surface area contributed by atoms with Crippen LogP contribution in [0.15, 0.2) is 84.2 Å². The van der Waals surface area contributed by atoms with Crippen LogP contribution in [0.25, 0.3) is 0 Å². The highest BCUT2D eigenvalue weighted by molar-refractivity contribution is 6.09. The first-order valence-electron chi connectivity index (χ1n) is 12.0. The lowest BCUT2D eigenvalue weighted by molar-refractivity contribution is -0.133. The Morgan fingerprint density at radius 2 is 1.64 bits per heavy atom. The van der Waals surface area contributed by atoms with Crippen LogP contribution >= 0.6 is 0 Å². The highest BCUT2D eigenvalue weighted by Crippen LogP contribution is 2.39. The van der Waals surface area contributed by atoms with Gasteiger partial charge in [0.15, 0.2) is 0 Å². The summed E-state index contributed by atoms with van der Waals surface area (Å²) < 4.78 is 13.8. The van der Waals surface area contributed by atoms with E-state index in [9.17, 15) is 14.0 Å². The molecular formula is C29H31FN4O2. The topological polar surface area (TPSA) is 82.3 Å². The molecule has 0 bridgehead atoms. The fraction of sp³-hybridized carbons (Fsp3) is 0.241. The summed E-state index contributed by atoms with van der Waals surface area (Å²) in [6, 6.07) is 20.9. The molecule has 1 heterocycles. The molecule has 3 aromatic rings. The molecule has 36 heavy (non-hydrogen) atoms. The van der Waals surface area contributed by atoms with Crippen molar-refractivity contribution in [2.45, 2.75) is 32.7 Å². The second kappa shape index (κ2) is 10.7. The van der Waals surface area contributed by atoms with Crippen molar-refractivity contribution in [2.24, 2.45) is 5.92 Å². The van der Waals surface area contributed by atoms with Gasteiger partial charge in [-0.25, -0.2) is 4.39 Å². The van der Waals surface area contributed by atoms with Crippen LogP contribution in [0, 0.1) is 25.6 Å². The van der Waals surface area contributed by atoms with Crippen molar-refractivity contribution in [3.05, 3.63) is 107 Å². The van der Waals surface area contributed by atoms with Gasteiger partial charge in [0.25, 0.3) is 0 Å². The van der Waals surface area contributed by atoms with Gasteiger partial charge in [0.2, 0.25) is 11.8 Å². The number of amides is 2. The molecule has 2 amide bonds. The molecule has 0 radical (unpaired) electrons. The zero-order valence-corrected chi connectivity index (χ0v) is 20.9.